The summed E-state index contributed by atoms with van der Waals surface area (Å²) in [4.78, 5) is 28.2. The summed E-state index contributed by atoms with van der Waals surface area (Å²) in [5, 5.41) is 18.0. The minimum Gasteiger partial charge on any atom is -0.332 e. The molecule has 9 nitrogen and oxygen atoms in total. The maximum absolute atomic E-state index is 11.6. The van der Waals surface area contributed by atoms with E-state index in [0.29, 0.717) is 10.8 Å². The third-order valence-corrected chi connectivity index (χ3v) is 4.56. The van der Waals surface area contributed by atoms with Crippen LogP contribution in [0, 0.1) is 24.0 Å². The average Bonchev–Trinajstić information content (AvgIpc) is 2.87. The molecule has 128 valence electrons. The van der Waals surface area contributed by atoms with Gasteiger partial charge in [-0.3, -0.25) is 10.1 Å². The lowest BCUT2D eigenvalue weighted by Gasteiger charge is -2.09. The SMILES string of the molecule is Cc1nc(Nc2ncnc(Nc3cccnc3Cl)c2[N+](=O)[O-])sc1C. The first kappa shape index (κ1) is 17.0. The molecular weight excluding hydrogens is 366 g/mol. The number of halogens is 1. The number of aromatic nitrogens is 4. The van der Waals surface area contributed by atoms with Crippen molar-refractivity contribution >= 4 is 51.1 Å². The molecule has 0 aliphatic carbocycles. The van der Waals surface area contributed by atoms with E-state index in [2.05, 4.69) is 30.6 Å². The topological polar surface area (TPSA) is 119 Å². The predicted molar refractivity (Wildman–Crippen MR) is 96.1 cm³/mol. The van der Waals surface area contributed by atoms with Gasteiger partial charge in [-0.15, -0.1) is 11.3 Å². The van der Waals surface area contributed by atoms with Crippen molar-refractivity contribution in [2.75, 3.05) is 10.6 Å². The summed E-state index contributed by atoms with van der Waals surface area (Å²) in [6, 6.07) is 3.29. The normalized spacial score (nSPS) is 10.5. The molecule has 0 aliphatic rings. The van der Waals surface area contributed by atoms with Crippen molar-refractivity contribution in [1.29, 1.82) is 0 Å². The molecule has 0 atom stereocenters. The molecule has 2 N–H and O–H groups in total. The van der Waals surface area contributed by atoms with Gasteiger partial charge >= 0.3 is 5.69 Å². The van der Waals surface area contributed by atoms with Crippen LogP contribution in [-0.4, -0.2) is 24.9 Å². The van der Waals surface area contributed by atoms with Crippen molar-refractivity contribution in [1.82, 2.24) is 19.9 Å². The van der Waals surface area contributed by atoms with Gasteiger partial charge in [-0.25, -0.2) is 19.9 Å². The van der Waals surface area contributed by atoms with Gasteiger partial charge in [-0.1, -0.05) is 11.6 Å². The summed E-state index contributed by atoms with van der Waals surface area (Å²) < 4.78 is 0. The number of rotatable bonds is 5. The molecule has 25 heavy (non-hydrogen) atoms. The molecule has 3 heterocycles. The zero-order valence-corrected chi connectivity index (χ0v) is 14.7. The number of hydrogen-bond donors (Lipinski definition) is 2. The van der Waals surface area contributed by atoms with Crippen molar-refractivity contribution in [2.24, 2.45) is 0 Å². The third kappa shape index (κ3) is 3.64. The lowest BCUT2D eigenvalue weighted by atomic mass is 10.3. The second-order valence-corrected chi connectivity index (χ2v) is 6.49. The highest BCUT2D eigenvalue weighted by molar-refractivity contribution is 7.15. The third-order valence-electron chi connectivity index (χ3n) is 3.27. The Morgan fingerprint density at radius 3 is 2.52 bits per heavy atom. The lowest BCUT2D eigenvalue weighted by Crippen LogP contribution is -2.05. The minimum atomic E-state index is -0.567. The van der Waals surface area contributed by atoms with Crippen molar-refractivity contribution in [3.8, 4) is 0 Å². The number of nitro groups is 1. The number of nitrogens with zero attached hydrogens (tertiary/aromatic N) is 5. The van der Waals surface area contributed by atoms with Crippen LogP contribution in [0.5, 0.6) is 0 Å². The van der Waals surface area contributed by atoms with Crippen LogP contribution in [-0.2, 0) is 0 Å². The first-order valence-electron chi connectivity index (χ1n) is 7.03. The largest absolute Gasteiger partial charge is 0.353 e. The van der Waals surface area contributed by atoms with Crippen LogP contribution in [0.1, 0.15) is 10.6 Å². The fourth-order valence-electron chi connectivity index (χ4n) is 1.97. The van der Waals surface area contributed by atoms with Gasteiger partial charge in [0.25, 0.3) is 0 Å². The van der Waals surface area contributed by atoms with Crippen molar-refractivity contribution in [2.45, 2.75) is 13.8 Å². The van der Waals surface area contributed by atoms with Gasteiger partial charge in [-0.05, 0) is 26.0 Å². The summed E-state index contributed by atoms with van der Waals surface area (Å²) in [7, 11) is 0. The Morgan fingerprint density at radius 2 is 1.92 bits per heavy atom. The van der Waals surface area contributed by atoms with E-state index in [0.717, 1.165) is 10.6 Å². The highest BCUT2D eigenvalue weighted by Gasteiger charge is 2.24. The Kier molecular flexibility index (Phi) is 4.72. The van der Waals surface area contributed by atoms with E-state index >= 15 is 0 Å². The molecule has 0 spiro atoms. The van der Waals surface area contributed by atoms with Gasteiger partial charge in [0.2, 0.25) is 11.6 Å². The molecule has 0 saturated heterocycles. The Balaban J connectivity index is 1.99. The summed E-state index contributed by atoms with van der Waals surface area (Å²) in [6.45, 7) is 3.78. The Hall–Kier alpha value is -2.85. The molecule has 0 aromatic carbocycles. The Bertz CT molecular complexity index is 927. The molecule has 3 aromatic rings. The quantitative estimate of drug-likeness (QED) is 0.389. The van der Waals surface area contributed by atoms with Crippen LogP contribution in [0.4, 0.5) is 28.1 Å². The molecule has 0 amide bonds. The second kappa shape index (κ2) is 6.95. The Labute approximate surface area is 151 Å². The highest BCUT2D eigenvalue weighted by Crippen LogP contribution is 2.35. The number of nitrogens with one attached hydrogen (secondary N) is 2. The van der Waals surface area contributed by atoms with Gasteiger partial charge in [-0.2, -0.15) is 0 Å². The highest BCUT2D eigenvalue weighted by atomic mass is 35.5. The van der Waals surface area contributed by atoms with Crippen LogP contribution in [0.2, 0.25) is 5.15 Å². The predicted octanol–water partition coefficient (Wildman–Crippen LogP) is 3.99. The molecule has 0 saturated carbocycles. The van der Waals surface area contributed by atoms with E-state index in [1.54, 1.807) is 12.1 Å². The van der Waals surface area contributed by atoms with E-state index in [1.807, 2.05) is 13.8 Å². The summed E-state index contributed by atoms with van der Waals surface area (Å²) >= 11 is 7.37. The van der Waals surface area contributed by atoms with Crippen molar-refractivity contribution < 1.29 is 4.92 Å². The van der Waals surface area contributed by atoms with Crippen LogP contribution in [0.15, 0.2) is 24.7 Å². The van der Waals surface area contributed by atoms with Crippen molar-refractivity contribution in [3.63, 3.8) is 0 Å². The van der Waals surface area contributed by atoms with Crippen molar-refractivity contribution in [3.05, 3.63) is 50.5 Å². The maximum Gasteiger partial charge on any atom is 0.353 e. The number of anilines is 4. The average molecular weight is 378 g/mol. The van der Waals surface area contributed by atoms with E-state index in [-0.39, 0.29) is 22.5 Å². The van der Waals surface area contributed by atoms with E-state index in [4.69, 9.17) is 11.6 Å². The molecule has 0 fully saturated rings. The lowest BCUT2D eigenvalue weighted by molar-refractivity contribution is -0.383. The van der Waals surface area contributed by atoms with Gasteiger partial charge in [0.05, 0.1) is 16.3 Å². The van der Waals surface area contributed by atoms with E-state index < -0.39 is 4.92 Å². The smallest absolute Gasteiger partial charge is 0.332 e. The second-order valence-electron chi connectivity index (χ2n) is 4.93. The van der Waals surface area contributed by atoms with Gasteiger partial charge < -0.3 is 10.6 Å². The Morgan fingerprint density at radius 1 is 1.20 bits per heavy atom. The number of thiazole rings is 1. The van der Waals surface area contributed by atoms with Crippen LogP contribution < -0.4 is 10.6 Å². The van der Waals surface area contributed by atoms with Crippen LogP contribution in [0.3, 0.4) is 0 Å². The molecule has 11 heteroatoms. The number of pyridine rings is 1. The molecule has 0 aliphatic heterocycles. The standard InChI is InChI=1S/C14H12ClN7O2S/c1-7-8(2)25-14(19-7)21-13-10(22(23)24)12(17-6-18-13)20-9-4-3-5-16-11(9)15/h3-6H,1-2H3,(H2,17,18,19,20,21). The zero-order chi connectivity index (χ0) is 18.0. The minimum absolute atomic E-state index is 0.00222. The molecule has 3 aromatic heterocycles. The van der Waals surface area contributed by atoms with E-state index in [9.17, 15) is 10.1 Å². The summed E-state index contributed by atoms with van der Waals surface area (Å²) in [6.07, 6.45) is 2.73. The molecule has 3 rings (SSSR count). The van der Waals surface area contributed by atoms with Gasteiger partial charge in [0.15, 0.2) is 10.3 Å². The van der Waals surface area contributed by atoms with Crippen LogP contribution >= 0.6 is 22.9 Å². The fraction of sp³-hybridized carbons (Fsp3) is 0.143. The molecule has 0 radical (unpaired) electrons. The summed E-state index contributed by atoms with van der Waals surface area (Å²) in [5.41, 5.74) is 0.940. The monoisotopic (exact) mass is 377 g/mol. The molecule has 0 unspecified atom stereocenters. The van der Waals surface area contributed by atoms with Gasteiger partial charge in [0, 0.05) is 11.1 Å². The fourth-order valence-corrected chi connectivity index (χ4v) is 2.95. The first-order valence-corrected chi connectivity index (χ1v) is 8.23. The molecule has 0 bridgehead atoms. The van der Waals surface area contributed by atoms with Gasteiger partial charge in [0.1, 0.15) is 6.33 Å². The zero-order valence-electron chi connectivity index (χ0n) is 13.1. The van der Waals surface area contributed by atoms with Crippen LogP contribution in [0.25, 0.3) is 0 Å². The number of aryl methyl sites for hydroxylation is 2. The van der Waals surface area contributed by atoms with E-state index in [1.165, 1.54) is 23.9 Å². The number of hydrogen-bond acceptors (Lipinski definition) is 9. The first-order chi connectivity index (χ1) is 12.0. The summed E-state index contributed by atoms with van der Waals surface area (Å²) in [5.74, 6) is 0.0404. The maximum atomic E-state index is 11.6. The molecular formula is C14H12ClN7O2S.